The van der Waals surface area contributed by atoms with Crippen LogP contribution in [0.3, 0.4) is 0 Å². The fourth-order valence-corrected chi connectivity index (χ4v) is 6.52. The molecular formula is C39H81N2O6P. The van der Waals surface area contributed by atoms with Gasteiger partial charge in [-0.25, -0.2) is 0 Å². The molecule has 0 aromatic heterocycles. The summed E-state index contributed by atoms with van der Waals surface area (Å²) in [5.74, 6) is -0.0176. The van der Waals surface area contributed by atoms with Crippen LogP contribution in [0.15, 0.2) is 0 Å². The molecule has 0 saturated heterocycles. The van der Waals surface area contributed by atoms with Crippen LogP contribution in [0, 0.1) is 0 Å². The maximum Gasteiger partial charge on any atom is 0.268 e. The highest BCUT2D eigenvalue weighted by Gasteiger charge is 2.18. The Bertz CT molecular complexity index is 748. The van der Waals surface area contributed by atoms with Gasteiger partial charge in [-0.3, -0.25) is 9.36 Å². The van der Waals surface area contributed by atoms with Crippen LogP contribution in [-0.2, 0) is 23.1 Å². The Labute approximate surface area is 298 Å². The topological polar surface area (TPSA) is 96.9 Å². The maximum absolute atomic E-state index is 12.5. The first kappa shape index (κ1) is 47.5. The standard InChI is InChI=1S/C39H81N2O6P/c1-6-8-10-12-14-16-18-19-20-21-23-25-27-29-31-34-45-38(37-47-48(43,44)46-35-33-41(3,4)5)36-40-39(42)32-30-28-26-24-22-17-15-13-11-9-7-2/h38H,6-37H2,1-5H3,(H-,40,42,43,44). The molecule has 0 rings (SSSR count). The zero-order chi connectivity index (χ0) is 35.6. The van der Waals surface area contributed by atoms with E-state index in [4.69, 9.17) is 13.8 Å². The van der Waals surface area contributed by atoms with Gasteiger partial charge in [0.2, 0.25) is 5.91 Å². The van der Waals surface area contributed by atoms with Gasteiger partial charge in [-0.2, -0.15) is 0 Å². The van der Waals surface area contributed by atoms with Crippen LogP contribution in [0.5, 0.6) is 0 Å². The fourth-order valence-electron chi connectivity index (χ4n) is 5.79. The molecule has 0 aliphatic rings. The Morgan fingerprint density at radius 2 is 1.00 bits per heavy atom. The molecule has 0 radical (unpaired) electrons. The van der Waals surface area contributed by atoms with Crippen LogP contribution in [0.4, 0.5) is 0 Å². The van der Waals surface area contributed by atoms with Crippen LogP contribution in [-0.4, -0.2) is 70.5 Å². The Morgan fingerprint density at radius 1 is 0.604 bits per heavy atom. The molecule has 1 N–H and O–H groups in total. The normalized spacial score (nSPS) is 13.9. The summed E-state index contributed by atoms with van der Waals surface area (Å²) < 4.78 is 29.2. The molecular weight excluding hydrogens is 623 g/mol. The summed E-state index contributed by atoms with van der Waals surface area (Å²) in [6.07, 6.45) is 33.1. The summed E-state index contributed by atoms with van der Waals surface area (Å²) in [5.41, 5.74) is 0. The van der Waals surface area contributed by atoms with Crippen molar-refractivity contribution in [1.29, 1.82) is 0 Å². The van der Waals surface area contributed by atoms with Crippen molar-refractivity contribution in [2.75, 3.05) is 54.1 Å². The number of phosphoric ester groups is 1. The summed E-state index contributed by atoms with van der Waals surface area (Å²) in [6.45, 7) is 5.72. The third kappa shape index (κ3) is 36.8. The lowest BCUT2D eigenvalue weighted by atomic mass is 10.0. The highest BCUT2D eigenvalue weighted by molar-refractivity contribution is 7.45. The predicted molar refractivity (Wildman–Crippen MR) is 201 cm³/mol. The van der Waals surface area contributed by atoms with Crippen molar-refractivity contribution in [3.8, 4) is 0 Å². The summed E-state index contributed by atoms with van der Waals surface area (Å²) >= 11 is 0. The van der Waals surface area contributed by atoms with Gasteiger partial charge in [0.1, 0.15) is 13.2 Å². The number of ether oxygens (including phenoxy) is 1. The van der Waals surface area contributed by atoms with Gasteiger partial charge >= 0.3 is 0 Å². The molecule has 9 heteroatoms. The Balaban J connectivity index is 4.23. The second-order valence-corrected chi connectivity index (χ2v) is 16.5. The van der Waals surface area contributed by atoms with E-state index in [2.05, 4.69) is 19.2 Å². The third-order valence-electron chi connectivity index (χ3n) is 9.07. The molecule has 288 valence electrons. The molecule has 0 bridgehead atoms. The van der Waals surface area contributed by atoms with Gasteiger partial charge in [-0.15, -0.1) is 0 Å². The molecule has 0 aromatic rings. The Morgan fingerprint density at radius 3 is 1.42 bits per heavy atom. The molecule has 0 heterocycles. The number of carbonyl (C=O) groups is 1. The minimum Gasteiger partial charge on any atom is -0.756 e. The number of amides is 1. The van der Waals surface area contributed by atoms with Crippen molar-refractivity contribution in [2.45, 2.75) is 193 Å². The van der Waals surface area contributed by atoms with Crippen molar-refractivity contribution in [3.05, 3.63) is 0 Å². The van der Waals surface area contributed by atoms with Gasteiger partial charge in [-0.05, 0) is 12.8 Å². The van der Waals surface area contributed by atoms with Crippen molar-refractivity contribution < 1.29 is 32.5 Å². The lowest BCUT2D eigenvalue weighted by molar-refractivity contribution is -0.870. The quantitative estimate of drug-likeness (QED) is 0.0390. The van der Waals surface area contributed by atoms with Crippen LogP contribution >= 0.6 is 7.82 Å². The van der Waals surface area contributed by atoms with Crippen LogP contribution < -0.4 is 10.2 Å². The van der Waals surface area contributed by atoms with E-state index in [-0.39, 0.29) is 25.7 Å². The molecule has 2 atom stereocenters. The number of nitrogens with zero attached hydrogens (tertiary/aromatic N) is 1. The lowest BCUT2D eigenvalue weighted by Crippen LogP contribution is -2.38. The molecule has 0 fully saturated rings. The second kappa shape index (κ2) is 33.6. The number of phosphoric acid groups is 1. The Kier molecular flexibility index (Phi) is 33.3. The van der Waals surface area contributed by atoms with Gasteiger partial charge in [-0.1, -0.05) is 168 Å². The van der Waals surface area contributed by atoms with E-state index in [0.717, 1.165) is 25.7 Å². The number of hydrogen-bond donors (Lipinski definition) is 1. The number of rotatable bonds is 38. The molecule has 1 amide bonds. The molecule has 48 heavy (non-hydrogen) atoms. The van der Waals surface area contributed by atoms with Crippen LogP contribution in [0.1, 0.15) is 187 Å². The van der Waals surface area contributed by atoms with E-state index in [1.807, 2.05) is 21.1 Å². The zero-order valence-corrected chi connectivity index (χ0v) is 33.4. The van der Waals surface area contributed by atoms with Gasteiger partial charge in [0.25, 0.3) is 7.82 Å². The number of hydrogen-bond acceptors (Lipinski definition) is 6. The zero-order valence-electron chi connectivity index (χ0n) is 32.5. The number of nitrogens with one attached hydrogen (secondary N) is 1. The molecule has 2 unspecified atom stereocenters. The smallest absolute Gasteiger partial charge is 0.268 e. The van der Waals surface area contributed by atoms with Crippen molar-refractivity contribution in [3.63, 3.8) is 0 Å². The predicted octanol–water partition coefficient (Wildman–Crippen LogP) is 10.3. The summed E-state index contributed by atoms with van der Waals surface area (Å²) in [6, 6.07) is 0. The summed E-state index contributed by atoms with van der Waals surface area (Å²) in [7, 11) is 1.47. The first-order valence-corrected chi connectivity index (χ1v) is 21.8. The average molecular weight is 705 g/mol. The minimum atomic E-state index is -4.45. The number of quaternary nitrogens is 1. The maximum atomic E-state index is 12.5. The number of carbonyl (C=O) groups excluding carboxylic acids is 1. The van der Waals surface area contributed by atoms with Gasteiger partial charge in [0, 0.05) is 19.6 Å². The van der Waals surface area contributed by atoms with Crippen LogP contribution in [0.2, 0.25) is 0 Å². The van der Waals surface area contributed by atoms with Crippen LogP contribution in [0.25, 0.3) is 0 Å². The SMILES string of the molecule is CCCCCCCCCCCCCCCCCOC(CNC(=O)CCCCCCCCCCCCC)COP(=O)([O-])OCC[N+](C)(C)C. The molecule has 0 spiro atoms. The van der Waals surface area contributed by atoms with Gasteiger partial charge in [0.15, 0.2) is 0 Å². The van der Waals surface area contributed by atoms with E-state index in [1.54, 1.807) is 0 Å². The monoisotopic (exact) mass is 705 g/mol. The molecule has 0 aliphatic carbocycles. The largest absolute Gasteiger partial charge is 0.756 e. The molecule has 8 nitrogen and oxygen atoms in total. The minimum absolute atomic E-state index is 0.0176. The number of unbranched alkanes of at least 4 members (excludes halogenated alkanes) is 24. The highest BCUT2D eigenvalue weighted by Crippen LogP contribution is 2.38. The highest BCUT2D eigenvalue weighted by atomic mass is 31.2. The first-order chi connectivity index (χ1) is 23.1. The summed E-state index contributed by atoms with van der Waals surface area (Å²) in [5, 5.41) is 2.94. The average Bonchev–Trinajstić information content (AvgIpc) is 3.03. The fraction of sp³-hybridized carbons (Fsp3) is 0.974. The Hall–Kier alpha value is -0.500. The van der Waals surface area contributed by atoms with E-state index in [0.29, 0.717) is 24.1 Å². The van der Waals surface area contributed by atoms with Crippen molar-refractivity contribution >= 4 is 13.7 Å². The lowest BCUT2D eigenvalue weighted by Gasteiger charge is -2.28. The van der Waals surface area contributed by atoms with Gasteiger partial charge < -0.3 is 28.5 Å². The van der Waals surface area contributed by atoms with E-state index < -0.39 is 13.9 Å². The molecule has 0 aromatic carbocycles. The molecule has 0 saturated carbocycles. The van der Waals surface area contributed by atoms with Crippen molar-refractivity contribution in [2.24, 2.45) is 0 Å². The van der Waals surface area contributed by atoms with Crippen molar-refractivity contribution in [1.82, 2.24) is 5.32 Å². The number of likely N-dealkylation sites (N-methyl/N-ethyl adjacent to an activating group) is 1. The van der Waals surface area contributed by atoms with E-state index in [1.165, 1.54) is 141 Å². The second-order valence-electron chi connectivity index (χ2n) is 15.1. The van der Waals surface area contributed by atoms with E-state index in [9.17, 15) is 14.3 Å². The first-order valence-electron chi connectivity index (χ1n) is 20.4. The summed E-state index contributed by atoms with van der Waals surface area (Å²) in [4.78, 5) is 24.9. The van der Waals surface area contributed by atoms with Gasteiger partial charge in [0.05, 0.1) is 33.9 Å². The van der Waals surface area contributed by atoms with E-state index >= 15 is 0 Å². The molecule has 0 aliphatic heterocycles. The third-order valence-corrected chi connectivity index (χ3v) is 10.0.